The molecule has 0 spiro atoms. The van der Waals surface area contributed by atoms with Crippen LogP contribution in [-0.2, 0) is 4.79 Å². The van der Waals surface area contributed by atoms with E-state index in [1.54, 1.807) is 79.6 Å². The molecule has 9 nitrogen and oxygen atoms in total. The van der Waals surface area contributed by atoms with Crippen molar-refractivity contribution in [3.05, 3.63) is 83.5 Å². The quantitative estimate of drug-likeness (QED) is 0.288. The van der Waals surface area contributed by atoms with E-state index in [2.05, 4.69) is 10.3 Å². The van der Waals surface area contributed by atoms with E-state index < -0.39 is 5.91 Å². The normalized spacial score (nSPS) is 10.6. The molecule has 0 aliphatic heterocycles. The first-order valence-corrected chi connectivity index (χ1v) is 12.5. The second kappa shape index (κ2) is 12.4. The van der Waals surface area contributed by atoms with E-state index in [4.69, 9.17) is 25.8 Å². The van der Waals surface area contributed by atoms with E-state index in [0.29, 0.717) is 45.8 Å². The molecule has 0 fully saturated rings. The molecular weight excluding hydrogens is 520 g/mol. The van der Waals surface area contributed by atoms with Crippen LogP contribution in [0.25, 0.3) is 16.9 Å². The average Bonchev–Trinajstić information content (AvgIpc) is 3.39. The van der Waals surface area contributed by atoms with Crippen LogP contribution in [0.1, 0.15) is 17.3 Å². The Labute approximate surface area is 231 Å². The number of ether oxygens (including phenoxy) is 3. The molecule has 39 heavy (non-hydrogen) atoms. The van der Waals surface area contributed by atoms with Crippen molar-refractivity contribution in [3.8, 4) is 34.2 Å². The molecule has 202 valence electrons. The van der Waals surface area contributed by atoms with Crippen LogP contribution in [0.2, 0.25) is 5.02 Å². The van der Waals surface area contributed by atoms with Crippen LogP contribution in [-0.4, -0.2) is 60.7 Å². The van der Waals surface area contributed by atoms with Gasteiger partial charge in [0, 0.05) is 47.1 Å². The number of imidazole rings is 1. The van der Waals surface area contributed by atoms with Crippen LogP contribution >= 0.6 is 11.6 Å². The van der Waals surface area contributed by atoms with E-state index in [0.717, 1.165) is 5.56 Å². The summed E-state index contributed by atoms with van der Waals surface area (Å²) in [6.07, 6.45) is 1.80. The van der Waals surface area contributed by atoms with Crippen LogP contribution in [0.3, 0.4) is 0 Å². The highest BCUT2D eigenvalue weighted by Crippen LogP contribution is 2.30. The third kappa shape index (κ3) is 6.50. The SMILES string of the molecule is CCN(CC(=O)Nc1nc(-c2ccc(Cl)cc2)cn1-c1cc(OC)cc(OC)c1)C(=O)c1cccc(OC)c1. The summed E-state index contributed by atoms with van der Waals surface area (Å²) in [6, 6.07) is 19.4. The number of carbonyl (C=O) groups is 2. The van der Waals surface area contributed by atoms with Gasteiger partial charge in [0.2, 0.25) is 11.9 Å². The Bertz CT molecular complexity index is 1450. The summed E-state index contributed by atoms with van der Waals surface area (Å²) in [7, 11) is 4.66. The van der Waals surface area contributed by atoms with E-state index in [1.807, 2.05) is 19.1 Å². The monoisotopic (exact) mass is 548 g/mol. The van der Waals surface area contributed by atoms with Gasteiger partial charge in [0.1, 0.15) is 23.8 Å². The standard InChI is InChI=1S/C29H29ClN4O5/c1-5-33(28(36)20-7-6-8-23(13-20)37-2)18-27(35)32-29-31-26(19-9-11-21(30)12-10-19)17-34(29)22-14-24(38-3)16-25(15-22)39-4/h6-17H,5,18H2,1-4H3,(H,31,32,35). The van der Waals surface area contributed by atoms with Crippen molar-refractivity contribution in [2.75, 3.05) is 39.7 Å². The number of amides is 2. The number of halogens is 1. The van der Waals surface area contributed by atoms with Crippen molar-refractivity contribution >= 4 is 29.4 Å². The number of benzene rings is 3. The summed E-state index contributed by atoms with van der Waals surface area (Å²) < 4.78 is 17.8. The molecule has 1 aromatic heterocycles. The zero-order valence-electron chi connectivity index (χ0n) is 22.1. The summed E-state index contributed by atoms with van der Waals surface area (Å²) >= 11 is 6.07. The number of hydrogen-bond acceptors (Lipinski definition) is 6. The van der Waals surface area contributed by atoms with Crippen LogP contribution in [0.15, 0.2) is 72.9 Å². The molecule has 10 heteroatoms. The van der Waals surface area contributed by atoms with E-state index in [1.165, 1.54) is 12.0 Å². The first-order valence-electron chi connectivity index (χ1n) is 12.2. The third-order valence-corrected chi connectivity index (χ3v) is 6.28. The van der Waals surface area contributed by atoms with Gasteiger partial charge in [0.15, 0.2) is 0 Å². The number of nitrogens with one attached hydrogen (secondary N) is 1. The van der Waals surface area contributed by atoms with Gasteiger partial charge < -0.3 is 19.1 Å². The fourth-order valence-electron chi connectivity index (χ4n) is 3.96. The second-order valence-corrected chi connectivity index (χ2v) is 8.93. The molecule has 3 aromatic carbocycles. The highest BCUT2D eigenvalue weighted by molar-refractivity contribution is 6.30. The van der Waals surface area contributed by atoms with E-state index in [-0.39, 0.29) is 18.4 Å². The van der Waals surface area contributed by atoms with Crippen molar-refractivity contribution in [3.63, 3.8) is 0 Å². The largest absolute Gasteiger partial charge is 0.497 e. The summed E-state index contributed by atoms with van der Waals surface area (Å²) in [5, 5.41) is 3.47. The first kappa shape index (κ1) is 27.5. The maximum atomic E-state index is 13.2. The summed E-state index contributed by atoms with van der Waals surface area (Å²) in [4.78, 5) is 32.5. The van der Waals surface area contributed by atoms with Crippen molar-refractivity contribution in [2.45, 2.75) is 6.92 Å². The lowest BCUT2D eigenvalue weighted by atomic mass is 10.2. The Morgan fingerprint density at radius 3 is 2.21 bits per heavy atom. The second-order valence-electron chi connectivity index (χ2n) is 8.50. The van der Waals surface area contributed by atoms with E-state index in [9.17, 15) is 9.59 Å². The molecule has 0 bridgehead atoms. The molecule has 0 radical (unpaired) electrons. The minimum Gasteiger partial charge on any atom is -0.497 e. The molecule has 0 unspecified atom stereocenters. The van der Waals surface area contributed by atoms with Crippen LogP contribution < -0.4 is 19.5 Å². The topological polar surface area (TPSA) is 94.9 Å². The molecule has 0 aliphatic carbocycles. The van der Waals surface area contributed by atoms with Gasteiger partial charge in [-0.25, -0.2) is 4.98 Å². The summed E-state index contributed by atoms with van der Waals surface area (Å²) in [5.74, 6) is 1.29. The minimum absolute atomic E-state index is 0.170. The maximum absolute atomic E-state index is 13.2. The Morgan fingerprint density at radius 2 is 1.59 bits per heavy atom. The Morgan fingerprint density at radius 1 is 0.923 bits per heavy atom. The molecule has 2 amide bonds. The lowest BCUT2D eigenvalue weighted by Gasteiger charge is -2.21. The summed E-state index contributed by atoms with van der Waals surface area (Å²) in [5.41, 5.74) is 2.52. The van der Waals surface area contributed by atoms with E-state index >= 15 is 0 Å². The van der Waals surface area contributed by atoms with Crippen molar-refractivity contribution < 1.29 is 23.8 Å². The molecule has 4 rings (SSSR count). The Hall–Kier alpha value is -4.50. The zero-order chi connectivity index (χ0) is 27.9. The van der Waals surface area contributed by atoms with Gasteiger partial charge in [-0.3, -0.25) is 19.5 Å². The Kier molecular flexibility index (Phi) is 8.73. The minimum atomic E-state index is -0.405. The van der Waals surface area contributed by atoms with Crippen LogP contribution in [0.5, 0.6) is 17.2 Å². The number of carbonyl (C=O) groups excluding carboxylic acids is 2. The predicted octanol–water partition coefficient (Wildman–Crippen LogP) is 5.32. The number of rotatable bonds is 10. The van der Waals surface area contributed by atoms with Crippen molar-refractivity contribution in [2.24, 2.45) is 0 Å². The molecule has 0 saturated carbocycles. The number of methoxy groups -OCH3 is 3. The van der Waals surface area contributed by atoms with Gasteiger partial charge in [0.05, 0.1) is 32.7 Å². The first-order chi connectivity index (χ1) is 18.8. The summed E-state index contributed by atoms with van der Waals surface area (Å²) in [6.45, 7) is 1.98. The number of anilines is 1. The molecule has 1 N–H and O–H groups in total. The van der Waals surface area contributed by atoms with Gasteiger partial charge in [-0.15, -0.1) is 0 Å². The molecule has 0 aliphatic rings. The number of nitrogens with zero attached hydrogens (tertiary/aromatic N) is 3. The van der Waals surface area contributed by atoms with Gasteiger partial charge in [0.25, 0.3) is 5.91 Å². The molecule has 0 saturated heterocycles. The van der Waals surface area contributed by atoms with Crippen molar-refractivity contribution in [1.29, 1.82) is 0 Å². The predicted molar refractivity (Wildman–Crippen MR) is 150 cm³/mol. The van der Waals surface area contributed by atoms with Crippen molar-refractivity contribution in [1.82, 2.24) is 14.5 Å². The van der Waals surface area contributed by atoms with Crippen LogP contribution in [0.4, 0.5) is 5.95 Å². The number of aromatic nitrogens is 2. The van der Waals surface area contributed by atoms with Gasteiger partial charge in [-0.2, -0.15) is 0 Å². The lowest BCUT2D eigenvalue weighted by molar-refractivity contribution is -0.116. The fraction of sp³-hybridized carbons (Fsp3) is 0.207. The molecule has 0 atom stereocenters. The maximum Gasteiger partial charge on any atom is 0.254 e. The smallest absolute Gasteiger partial charge is 0.254 e. The Balaban J connectivity index is 1.65. The van der Waals surface area contributed by atoms with Gasteiger partial charge in [-0.05, 0) is 37.3 Å². The number of hydrogen-bond donors (Lipinski definition) is 1. The fourth-order valence-corrected chi connectivity index (χ4v) is 4.09. The van der Waals surface area contributed by atoms with Crippen LogP contribution in [0, 0.1) is 0 Å². The molecule has 1 heterocycles. The van der Waals surface area contributed by atoms with Gasteiger partial charge >= 0.3 is 0 Å². The highest BCUT2D eigenvalue weighted by Gasteiger charge is 2.21. The highest BCUT2D eigenvalue weighted by atomic mass is 35.5. The number of likely N-dealkylation sites (N-methyl/N-ethyl adjacent to an activating group) is 1. The molecule has 4 aromatic rings. The zero-order valence-corrected chi connectivity index (χ0v) is 22.9. The molecular formula is C29H29ClN4O5. The third-order valence-electron chi connectivity index (χ3n) is 6.03. The average molecular weight is 549 g/mol. The lowest BCUT2D eigenvalue weighted by Crippen LogP contribution is -2.38. The van der Waals surface area contributed by atoms with Gasteiger partial charge in [-0.1, -0.05) is 29.8 Å².